The molecule has 1 aromatic carbocycles. The van der Waals surface area contributed by atoms with Crippen molar-refractivity contribution in [1.82, 2.24) is 4.90 Å². The molecule has 3 rings (SSSR count). The van der Waals surface area contributed by atoms with E-state index in [2.05, 4.69) is 11.6 Å². The molecule has 2 saturated heterocycles. The Balaban J connectivity index is 1.67. The highest BCUT2D eigenvalue weighted by Crippen LogP contribution is 2.38. The van der Waals surface area contributed by atoms with Crippen molar-refractivity contribution in [1.29, 1.82) is 0 Å². The predicted octanol–water partition coefficient (Wildman–Crippen LogP) is 1.90. The molecular formula is C17H20N2O3S2. The maximum Gasteiger partial charge on any atom is 0.248 e. The van der Waals surface area contributed by atoms with Crippen LogP contribution >= 0.6 is 11.8 Å². The molecule has 0 unspecified atom stereocenters. The molecule has 2 atom stereocenters. The summed E-state index contributed by atoms with van der Waals surface area (Å²) >= 11 is 1.41. The van der Waals surface area contributed by atoms with Crippen molar-refractivity contribution in [2.24, 2.45) is 4.99 Å². The molecule has 0 bridgehead atoms. The fourth-order valence-electron chi connectivity index (χ4n) is 3.05. The first-order valence-corrected chi connectivity index (χ1v) is 10.6. The van der Waals surface area contributed by atoms with E-state index in [0.717, 1.165) is 5.56 Å². The van der Waals surface area contributed by atoms with Crippen LogP contribution in [0, 0.1) is 0 Å². The number of nitrogens with zero attached hydrogens (tertiary/aromatic N) is 2. The minimum absolute atomic E-state index is 0.0318. The van der Waals surface area contributed by atoms with Crippen molar-refractivity contribution >= 4 is 32.7 Å². The van der Waals surface area contributed by atoms with Crippen molar-refractivity contribution in [3.05, 3.63) is 48.6 Å². The lowest BCUT2D eigenvalue weighted by atomic mass is 10.1. The molecule has 0 aromatic heterocycles. The summed E-state index contributed by atoms with van der Waals surface area (Å²) < 4.78 is 23.6. The second kappa shape index (κ2) is 7.11. The number of benzene rings is 1. The molecule has 0 saturated carbocycles. The Morgan fingerprint density at radius 2 is 2.08 bits per heavy atom. The third-order valence-corrected chi connectivity index (χ3v) is 7.44. The number of thioether (sulfide) groups is 1. The highest BCUT2D eigenvalue weighted by Gasteiger charge is 2.48. The zero-order valence-corrected chi connectivity index (χ0v) is 14.9. The zero-order chi connectivity index (χ0) is 17.2. The van der Waals surface area contributed by atoms with Crippen LogP contribution in [0.3, 0.4) is 0 Å². The van der Waals surface area contributed by atoms with Crippen LogP contribution in [0.1, 0.15) is 12.0 Å². The number of amidine groups is 1. The molecule has 0 aliphatic carbocycles. The van der Waals surface area contributed by atoms with Gasteiger partial charge in [0.15, 0.2) is 15.0 Å². The van der Waals surface area contributed by atoms with E-state index in [9.17, 15) is 13.2 Å². The number of rotatable bonds is 5. The Morgan fingerprint density at radius 3 is 2.79 bits per heavy atom. The summed E-state index contributed by atoms with van der Waals surface area (Å²) in [5, 5.41) is 0.605. The molecule has 2 aliphatic heterocycles. The first-order chi connectivity index (χ1) is 11.5. The van der Waals surface area contributed by atoms with E-state index in [-0.39, 0.29) is 28.7 Å². The van der Waals surface area contributed by atoms with Gasteiger partial charge in [-0.1, -0.05) is 48.2 Å². The Hall–Kier alpha value is -1.60. The SMILES string of the molecule is C=CCN1C(=NC(=O)CCc2ccccc2)S[C@@H]2CS(=O)(=O)C[C@@H]21. The van der Waals surface area contributed by atoms with Crippen LogP contribution in [0.4, 0.5) is 0 Å². The van der Waals surface area contributed by atoms with Gasteiger partial charge in [0.25, 0.3) is 0 Å². The van der Waals surface area contributed by atoms with Gasteiger partial charge in [-0.3, -0.25) is 4.79 Å². The number of hydrogen-bond donors (Lipinski definition) is 0. The Morgan fingerprint density at radius 1 is 1.33 bits per heavy atom. The summed E-state index contributed by atoms with van der Waals surface area (Å²) in [6, 6.07) is 9.73. The van der Waals surface area contributed by atoms with Crippen LogP contribution < -0.4 is 0 Å². The monoisotopic (exact) mass is 364 g/mol. The zero-order valence-electron chi connectivity index (χ0n) is 13.3. The molecule has 2 fully saturated rings. The normalized spacial score (nSPS) is 26.5. The van der Waals surface area contributed by atoms with Crippen LogP contribution in [-0.2, 0) is 21.1 Å². The smallest absolute Gasteiger partial charge is 0.248 e. The molecule has 5 nitrogen and oxygen atoms in total. The largest absolute Gasteiger partial charge is 0.342 e. The number of fused-ring (bicyclic) bond motifs is 1. The van der Waals surface area contributed by atoms with E-state index >= 15 is 0 Å². The topological polar surface area (TPSA) is 66.8 Å². The maximum atomic E-state index is 12.2. The minimum atomic E-state index is -2.99. The number of carbonyl (C=O) groups excluding carboxylic acids is 1. The van der Waals surface area contributed by atoms with Crippen LogP contribution in [0.2, 0.25) is 0 Å². The number of carbonyl (C=O) groups is 1. The molecule has 2 aliphatic rings. The Kier molecular flexibility index (Phi) is 5.10. The third-order valence-electron chi connectivity index (χ3n) is 4.19. The van der Waals surface area contributed by atoms with Gasteiger partial charge in [0.05, 0.1) is 17.5 Å². The lowest BCUT2D eigenvalue weighted by molar-refractivity contribution is -0.117. The summed E-state index contributed by atoms with van der Waals surface area (Å²) in [6.07, 6.45) is 2.73. The summed E-state index contributed by atoms with van der Waals surface area (Å²) in [7, 11) is -2.99. The average Bonchev–Trinajstić information content (AvgIpc) is 2.99. The Labute approximate surface area is 146 Å². The lowest BCUT2D eigenvalue weighted by Gasteiger charge is -2.22. The van der Waals surface area contributed by atoms with Gasteiger partial charge in [-0.2, -0.15) is 4.99 Å². The van der Waals surface area contributed by atoms with Crippen molar-refractivity contribution in [3.63, 3.8) is 0 Å². The van der Waals surface area contributed by atoms with E-state index in [4.69, 9.17) is 0 Å². The van der Waals surface area contributed by atoms with E-state index in [0.29, 0.717) is 24.6 Å². The molecule has 0 radical (unpaired) electrons. The first kappa shape index (κ1) is 17.2. The molecule has 24 heavy (non-hydrogen) atoms. The van der Waals surface area contributed by atoms with Gasteiger partial charge in [-0.25, -0.2) is 8.42 Å². The summed E-state index contributed by atoms with van der Waals surface area (Å²) in [6.45, 7) is 4.23. The minimum Gasteiger partial charge on any atom is -0.342 e. The molecule has 128 valence electrons. The second-order valence-electron chi connectivity index (χ2n) is 6.02. The Bertz CT molecular complexity index is 759. The summed E-state index contributed by atoms with van der Waals surface area (Å²) in [4.78, 5) is 18.4. The third kappa shape index (κ3) is 3.89. The van der Waals surface area contributed by atoms with E-state index in [1.807, 2.05) is 35.2 Å². The number of hydrogen-bond acceptors (Lipinski definition) is 4. The molecule has 2 heterocycles. The quantitative estimate of drug-likeness (QED) is 0.747. The fourth-order valence-corrected chi connectivity index (χ4v) is 7.02. The molecule has 0 spiro atoms. The standard InChI is InChI=1S/C17H20N2O3S2/c1-2-10-19-14-11-24(21,22)12-15(14)23-17(19)18-16(20)9-8-13-6-4-3-5-7-13/h2-7,14-15H,1,8-12H2/t14-,15+/m0/s1. The average molecular weight is 364 g/mol. The molecule has 1 amide bonds. The van der Waals surface area contributed by atoms with Crippen molar-refractivity contribution < 1.29 is 13.2 Å². The first-order valence-electron chi connectivity index (χ1n) is 7.88. The van der Waals surface area contributed by atoms with Gasteiger partial charge in [-0.15, -0.1) is 6.58 Å². The van der Waals surface area contributed by atoms with Gasteiger partial charge in [0.2, 0.25) is 5.91 Å². The number of amides is 1. The van der Waals surface area contributed by atoms with Crippen LogP contribution in [0.25, 0.3) is 0 Å². The van der Waals surface area contributed by atoms with Gasteiger partial charge in [-0.05, 0) is 12.0 Å². The van der Waals surface area contributed by atoms with E-state index in [1.165, 1.54) is 11.8 Å². The van der Waals surface area contributed by atoms with Crippen LogP contribution in [0.15, 0.2) is 48.0 Å². The predicted molar refractivity (Wildman–Crippen MR) is 97.9 cm³/mol. The number of sulfone groups is 1. The van der Waals surface area contributed by atoms with Gasteiger partial charge < -0.3 is 4.90 Å². The van der Waals surface area contributed by atoms with E-state index < -0.39 is 9.84 Å². The summed E-state index contributed by atoms with van der Waals surface area (Å²) in [5.74, 6) is 0.126. The highest BCUT2D eigenvalue weighted by molar-refractivity contribution is 8.15. The van der Waals surface area contributed by atoms with E-state index in [1.54, 1.807) is 6.08 Å². The molecule has 7 heteroatoms. The van der Waals surface area contributed by atoms with Crippen molar-refractivity contribution in [2.45, 2.75) is 24.1 Å². The van der Waals surface area contributed by atoms with Crippen LogP contribution in [0.5, 0.6) is 0 Å². The fraction of sp³-hybridized carbons (Fsp3) is 0.412. The van der Waals surface area contributed by atoms with Crippen molar-refractivity contribution in [2.75, 3.05) is 18.1 Å². The van der Waals surface area contributed by atoms with Crippen molar-refractivity contribution in [3.8, 4) is 0 Å². The van der Waals surface area contributed by atoms with Crippen LogP contribution in [-0.4, -0.2) is 53.7 Å². The molecule has 0 N–H and O–H groups in total. The molecular weight excluding hydrogens is 344 g/mol. The maximum absolute atomic E-state index is 12.2. The van der Waals surface area contributed by atoms with Gasteiger partial charge in [0.1, 0.15) is 0 Å². The second-order valence-corrected chi connectivity index (χ2v) is 9.38. The summed E-state index contributed by atoms with van der Waals surface area (Å²) in [5.41, 5.74) is 1.11. The highest BCUT2D eigenvalue weighted by atomic mass is 32.2. The van der Waals surface area contributed by atoms with Gasteiger partial charge in [0, 0.05) is 18.2 Å². The lowest BCUT2D eigenvalue weighted by Crippen LogP contribution is -2.37. The number of aryl methyl sites for hydroxylation is 1. The molecule has 1 aromatic rings. The number of aliphatic imine (C=N–C) groups is 1. The van der Waals surface area contributed by atoms with Gasteiger partial charge >= 0.3 is 0 Å².